The van der Waals surface area contributed by atoms with Crippen LogP contribution in [0.4, 0.5) is 0 Å². The highest BCUT2D eigenvalue weighted by atomic mass is 16.5. The van der Waals surface area contributed by atoms with Gasteiger partial charge in [0.25, 0.3) is 0 Å². The van der Waals surface area contributed by atoms with Crippen LogP contribution in [-0.2, 0) is 43.8 Å². The molecule has 1 fully saturated rings. The number of rotatable bonds is 15. The molecule has 18 heteroatoms. The molecule has 2 aromatic carbocycles. The van der Waals surface area contributed by atoms with Crippen molar-refractivity contribution in [1.29, 1.82) is 0 Å². The van der Waals surface area contributed by atoms with E-state index in [1.165, 1.54) is 33.0 Å². The molecule has 1 aliphatic heterocycles. The fraction of sp³-hybridized carbons (Fsp3) is 0.554. The van der Waals surface area contributed by atoms with E-state index in [0.717, 1.165) is 10.5 Å². The van der Waals surface area contributed by atoms with Crippen LogP contribution in [0.5, 0.6) is 0 Å². The van der Waals surface area contributed by atoms with Crippen LogP contribution in [0.1, 0.15) is 112 Å². The number of fused-ring (bicyclic) bond motifs is 1. The average Bonchev–Trinajstić information content (AvgIpc) is 3.76. The molecule has 0 spiro atoms. The Morgan fingerprint density at radius 2 is 1.23 bits per heavy atom. The Bertz CT molecular complexity index is 2500. The van der Waals surface area contributed by atoms with E-state index in [1.807, 2.05) is 58.2 Å². The van der Waals surface area contributed by atoms with Gasteiger partial charge in [-0.3, -0.25) is 33.6 Å². The molecule has 1 aliphatic rings. The van der Waals surface area contributed by atoms with E-state index < -0.39 is 119 Å². The van der Waals surface area contributed by atoms with Gasteiger partial charge in [0.1, 0.15) is 54.5 Å². The van der Waals surface area contributed by atoms with Gasteiger partial charge in [0, 0.05) is 56.4 Å². The van der Waals surface area contributed by atoms with Crippen molar-refractivity contribution in [3.8, 4) is 0 Å². The minimum absolute atomic E-state index is 0.126. The second kappa shape index (κ2) is 26.2. The Balaban J connectivity index is 2.02. The summed E-state index contributed by atoms with van der Waals surface area (Å²) >= 11 is 0. The Labute approximate surface area is 437 Å². The number of likely N-dealkylation sites (N-methyl/N-ethyl adjacent to an activating group) is 2. The summed E-state index contributed by atoms with van der Waals surface area (Å²) < 4.78 is 7.76. The van der Waals surface area contributed by atoms with Crippen LogP contribution in [0, 0.1) is 23.7 Å². The van der Waals surface area contributed by atoms with Crippen molar-refractivity contribution >= 4 is 52.3 Å². The molecule has 74 heavy (non-hydrogen) atoms. The lowest BCUT2D eigenvalue weighted by Crippen LogP contribution is -2.62. The van der Waals surface area contributed by atoms with Crippen LogP contribution >= 0.6 is 0 Å². The molecule has 7 amide bonds. The number of aromatic nitrogens is 1. The number of aliphatic hydroxyl groups is 2. The fourth-order valence-electron chi connectivity index (χ4n) is 9.35. The standard InChI is InChI=1S/C56H82N8O10/c1-16-56(11,12)64-29-39(38-24-20-21-25-40(38)64)47(66)45-55(73)63(14)42(28-34(8)30-65)50(68)57-36(10)49(67)61-46(48(74-15)37-22-18-17-19-23-37)53(71)58-43(33(6)7)54(72)62(13)41(27-32(4)5)51(69)59-44(52(70)60-45)35(9)26-31(2)3/h16-26,29,32-36,41-48,65-66H,1,27-28,30H2,2-15H3,(H,57,68)(H,58,71)(H,59,69)(H,60,70)(H,61,67)/t34-,35+,36-,41-,42-,43-,44-,45-,46+,47+,48+/m0/s1. The monoisotopic (exact) mass is 1030 g/mol. The first-order valence-corrected chi connectivity index (χ1v) is 25.5. The Morgan fingerprint density at radius 3 is 1.78 bits per heavy atom. The molecule has 7 N–H and O–H groups in total. The first kappa shape index (κ1) is 60.2. The van der Waals surface area contributed by atoms with Crippen molar-refractivity contribution in [2.75, 3.05) is 27.8 Å². The summed E-state index contributed by atoms with van der Waals surface area (Å²) in [6, 6.07) is 6.04. The quantitative estimate of drug-likeness (QED) is 0.106. The lowest BCUT2D eigenvalue weighted by atomic mass is 9.94. The summed E-state index contributed by atoms with van der Waals surface area (Å²) in [5.74, 6) is -7.52. The van der Waals surface area contributed by atoms with E-state index >= 15 is 9.59 Å². The number of hydrogen-bond acceptors (Lipinski definition) is 10. The van der Waals surface area contributed by atoms with Crippen LogP contribution in [0.25, 0.3) is 10.9 Å². The molecular formula is C56H82N8O10. The van der Waals surface area contributed by atoms with Crippen molar-refractivity contribution in [2.24, 2.45) is 23.7 Å². The largest absolute Gasteiger partial charge is 0.396 e. The van der Waals surface area contributed by atoms with Gasteiger partial charge in [-0.2, -0.15) is 0 Å². The third kappa shape index (κ3) is 14.5. The molecule has 3 aromatic rings. The molecule has 0 radical (unpaired) electrons. The second-order valence-electron chi connectivity index (χ2n) is 21.4. The lowest BCUT2D eigenvalue weighted by Gasteiger charge is -2.36. The number of para-hydroxylation sites is 1. The molecule has 0 aliphatic carbocycles. The lowest BCUT2D eigenvalue weighted by molar-refractivity contribution is -0.146. The van der Waals surface area contributed by atoms with Crippen molar-refractivity contribution in [3.63, 3.8) is 0 Å². The number of carbonyl (C=O) groups excluding carboxylic acids is 7. The van der Waals surface area contributed by atoms with Crippen molar-refractivity contribution in [3.05, 3.63) is 96.2 Å². The summed E-state index contributed by atoms with van der Waals surface area (Å²) in [5, 5.41) is 37.5. The van der Waals surface area contributed by atoms with Crippen LogP contribution in [0.2, 0.25) is 0 Å². The van der Waals surface area contributed by atoms with Gasteiger partial charge >= 0.3 is 0 Å². The minimum atomic E-state index is -1.81. The Hall–Kier alpha value is -6.37. The average molecular weight is 1030 g/mol. The van der Waals surface area contributed by atoms with E-state index in [1.54, 1.807) is 88.5 Å². The predicted molar refractivity (Wildman–Crippen MR) is 285 cm³/mol. The van der Waals surface area contributed by atoms with E-state index in [-0.39, 0.29) is 30.9 Å². The number of methoxy groups -OCH3 is 1. The van der Waals surface area contributed by atoms with E-state index in [0.29, 0.717) is 16.5 Å². The molecule has 0 saturated carbocycles. The third-order valence-electron chi connectivity index (χ3n) is 13.9. The van der Waals surface area contributed by atoms with E-state index in [9.17, 15) is 34.2 Å². The van der Waals surface area contributed by atoms with Crippen LogP contribution in [-0.4, -0.2) is 136 Å². The Morgan fingerprint density at radius 1 is 0.716 bits per heavy atom. The fourth-order valence-corrected chi connectivity index (χ4v) is 9.35. The first-order chi connectivity index (χ1) is 34.7. The Kier molecular flexibility index (Phi) is 21.3. The molecule has 406 valence electrons. The molecule has 4 rings (SSSR count). The zero-order valence-corrected chi connectivity index (χ0v) is 45.8. The highest BCUT2D eigenvalue weighted by Crippen LogP contribution is 2.34. The van der Waals surface area contributed by atoms with Crippen LogP contribution in [0.15, 0.2) is 85.1 Å². The smallest absolute Gasteiger partial charge is 0.248 e. The molecule has 11 atom stereocenters. The summed E-state index contributed by atoms with van der Waals surface area (Å²) in [5.41, 5.74) is 1.59. The number of amides is 7. The molecule has 0 unspecified atom stereocenters. The number of aliphatic hydroxyl groups excluding tert-OH is 2. The molecular weight excluding hydrogens is 945 g/mol. The SMILES string of the molecule is C=CC(C)(C)n1cc([C@@H](O)[C@@H]2NC(=O)[C@H]([C@H](C)C=C(C)C)NC(=O)[C@H](CC(C)C)N(C)C(=O)[C@H](C(C)C)NC(=O)[C@@H]([C@H](OC)c3ccccc3)NC(=O)[C@H](C)NC(=O)[C@H](C[C@H](C)CO)N(C)C2=O)c2ccccc21. The zero-order valence-electron chi connectivity index (χ0n) is 45.8. The molecule has 18 nitrogen and oxygen atoms in total. The minimum Gasteiger partial charge on any atom is -0.396 e. The van der Waals surface area contributed by atoms with Gasteiger partial charge in [-0.05, 0) is 76.8 Å². The predicted octanol–water partition coefficient (Wildman–Crippen LogP) is 4.42. The number of hydrogen-bond donors (Lipinski definition) is 7. The number of allylic oxidation sites excluding steroid dienone is 2. The summed E-state index contributed by atoms with van der Waals surface area (Å²) in [6.07, 6.45) is 2.34. The number of carbonyl (C=O) groups is 7. The topological polar surface area (TPSA) is 241 Å². The van der Waals surface area contributed by atoms with Gasteiger partial charge in [-0.15, -0.1) is 6.58 Å². The maximum absolute atomic E-state index is 15.4. The van der Waals surface area contributed by atoms with Gasteiger partial charge in [0.15, 0.2) is 0 Å². The first-order valence-electron chi connectivity index (χ1n) is 25.5. The normalized spacial score (nSPS) is 24.2. The van der Waals surface area contributed by atoms with E-state index in [2.05, 4.69) is 33.2 Å². The highest BCUT2D eigenvalue weighted by Gasteiger charge is 2.43. The van der Waals surface area contributed by atoms with Crippen LogP contribution < -0.4 is 26.6 Å². The van der Waals surface area contributed by atoms with Gasteiger partial charge in [0.2, 0.25) is 41.4 Å². The number of ether oxygens (including phenoxy) is 1. The van der Waals surface area contributed by atoms with Crippen molar-refractivity contribution in [2.45, 2.75) is 149 Å². The second-order valence-corrected chi connectivity index (χ2v) is 21.4. The number of nitrogens with zero attached hydrogens (tertiary/aromatic N) is 3. The molecule has 1 saturated heterocycles. The number of benzene rings is 2. The molecule has 2 heterocycles. The highest BCUT2D eigenvalue weighted by molar-refractivity contribution is 5.99. The summed E-state index contributed by atoms with van der Waals surface area (Å²) in [7, 11) is 4.15. The van der Waals surface area contributed by atoms with Crippen molar-refractivity contribution < 1.29 is 48.5 Å². The van der Waals surface area contributed by atoms with Gasteiger partial charge < -0.3 is 55.9 Å². The number of nitrogens with one attached hydrogen (secondary N) is 5. The summed E-state index contributed by atoms with van der Waals surface area (Å²) in [6.45, 7) is 23.1. The third-order valence-corrected chi connectivity index (χ3v) is 13.9. The molecule has 0 bridgehead atoms. The van der Waals surface area contributed by atoms with E-state index in [4.69, 9.17) is 4.74 Å². The van der Waals surface area contributed by atoms with Crippen molar-refractivity contribution in [1.82, 2.24) is 41.0 Å². The van der Waals surface area contributed by atoms with Gasteiger partial charge in [0.05, 0.1) is 5.54 Å². The maximum atomic E-state index is 15.4. The molecule has 1 aromatic heterocycles. The zero-order chi connectivity index (χ0) is 55.5. The maximum Gasteiger partial charge on any atom is 0.248 e. The summed E-state index contributed by atoms with van der Waals surface area (Å²) in [4.78, 5) is 106. The van der Waals surface area contributed by atoms with Gasteiger partial charge in [-0.25, -0.2) is 0 Å². The van der Waals surface area contributed by atoms with Gasteiger partial charge in [-0.1, -0.05) is 108 Å². The van der Waals surface area contributed by atoms with Crippen LogP contribution in [0.3, 0.4) is 0 Å².